The molecule has 7 heteroatoms. The van der Waals surface area contributed by atoms with Crippen molar-refractivity contribution in [1.82, 2.24) is 14.9 Å². The topological polar surface area (TPSA) is 73.2 Å². The number of nitrogens with one attached hydrogen (secondary N) is 1. The maximum absolute atomic E-state index is 11.8. The Labute approximate surface area is 118 Å². The van der Waals surface area contributed by atoms with Crippen LogP contribution in [0.4, 0.5) is 0 Å². The molecule has 1 N–H and O–H groups in total. The Morgan fingerprint density at radius 3 is 3.00 bits per heavy atom. The first-order chi connectivity index (χ1) is 8.66. The molecule has 0 spiro atoms. The number of rotatable bonds is 3. The number of ether oxygens (including phenoxy) is 1. The van der Waals surface area contributed by atoms with Crippen LogP contribution in [0.15, 0.2) is 17.3 Å². The summed E-state index contributed by atoms with van der Waals surface area (Å²) in [5, 5.41) is 2.91. The van der Waals surface area contributed by atoms with Gasteiger partial charge in [0.05, 0.1) is 9.90 Å². The summed E-state index contributed by atoms with van der Waals surface area (Å²) in [5.74, 6) is -0.159. The summed E-state index contributed by atoms with van der Waals surface area (Å²) < 4.78 is 7.04. The molecule has 2 rings (SSSR count). The lowest BCUT2D eigenvalue weighted by atomic mass is 10.1. The summed E-state index contributed by atoms with van der Waals surface area (Å²) in [6.07, 6.45) is 4.51. The fourth-order valence-corrected chi connectivity index (χ4v) is 2.28. The molecule has 98 valence electrons. The van der Waals surface area contributed by atoms with Crippen LogP contribution >= 0.6 is 22.6 Å². The minimum Gasteiger partial charge on any atom is -0.381 e. The summed E-state index contributed by atoms with van der Waals surface area (Å²) in [4.78, 5) is 27.4. The van der Waals surface area contributed by atoms with E-state index in [4.69, 9.17) is 4.74 Å². The second-order valence-corrected chi connectivity index (χ2v) is 5.29. The van der Waals surface area contributed by atoms with Gasteiger partial charge in [-0.15, -0.1) is 0 Å². The van der Waals surface area contributed by atoms with E-state index in [2.05, 4.69) is 10.3 Å². The van der Waals surface area contributed by atoms with Crippen LogP contribution in [0.2, 0.25) is 0 Å². The SMILES string of the molecule is O=C(Cn1cncc(I)c1=O)NC1CCOCC1. The number of nitrogens with zero attached hydrogens (tertiary/aromatic N) is 2. The van der Waals surface area contributed by atoms with Crippen molar-refractivity contribution in [2.45, 2.75) is 25.4 Å². The van der Waals surface area contributed by atoms with Gasteiger partial charge in [0.2, 0.25) is 5.91 Å². The van der Waals surface area contributed by atoms with Crippen LogP contribution in [0.25, 0.3) is 0 Å². The van der Waals surface area contributed by atoms with E-state index >= 15 is 0 Å². The van der Waals surface area contributed by atoms with Gasteiger partial charge in [0.25, 0.3) is 5.56 Å². The molecule has 1 aromatic heterocycles. The van der Waals surface area contributed by atoms with Gasteiger partial charge in [-0.1, -0.05) is 0 Å². The lowest BCUT2D eigenvalue weighted by Crippen LogP contribution is -2.41. The summed E-state index contributed by atoms with van der Waals surface area (Å²) in [6.45, 7) is 1.37. The predicted octanol–water partition coefficient (Wildman–Crippen LogP) is 0.143. The van der Waals surface area contributed by atoms with Crippen LogP contribution in [0.3, 0.4) is 0 Å². The number of carbonyl (C=O) groups is 1. The third-order valence-electron chi connectivity index (χ3n) is 2.76. The number of aromatic nitrogens is 2. The predicted molar refractivity (Wildman–Crippen MR) is 73.2 cm³/mol. The first-order valence-corrected chi connectivity index (χ1v) is 6.82. The minimum atomic E-state index is -0.187. The maximum Gasteiger partial charge on any atom is 0.267 e. The molecule has 2 heterocycles. The average molecular weight is 363 g/mol. The van der Waals surface area contributed by atoms with Crippen molar-refractivity contribution in [3.63, 3.8) is 0 Å². The van der Waals surface area contributed by atoms with Gasteiger partial charge in [0.1, 0.15) is 6.54 Å². The lowest BCUT2D eigenvalue weighted by molar-refractivity contribution is -0.123. The summed E-state index contributed by atoms with van der Waals surface area (Å²) >= 11 is 1.91. The third-order valence-corrected chi connectivity index (χ3v) is 3.50. The summed E-state index contributed by atoms with van der Waals surface area (Å²) in [5.41, 5.74) is -0.187. The van der Waals surface area contributed by atoms with Crippen molar-refractivity contribution in [3.05, 3.63) is 26.4 Å². The number of carbonyl (C=O) groups excluding carboxylic acids is 1. The molecule has 6 nitrogen and oxygen atoms in total. The van der Waals surface area contributed by atoms with E-state index in [0.717, 1.165) is 12.8 Å². The van der Waals surface area contributed by atoms with Gasteiger partial charge in [0, 0.05) is 25.5 Å². The highest BCUT2D eigenvalue weighted by Gasteiger charge is 2.16. The zero-order chi connectivity index (χ0) is 13.0. The van der Waals surface area contributed by atoms with E-state index in [1.54, 1.807) is 0 Å². The van der Waals surface area contributed by atoms with Gasteiger partial charge < -0.3 is 10.1 Å². The zero-order valence-electron chi connectivity index (χ0n) is 9.76. The first kappa shape index (κ1) is 13.5. The van der Waals surface area contributed by atoms with Gasteiger partial charge in [-0.2, -0.15) is 0 Å². The highest BCUT2D eigenvalue weighted by molar-refractivity contribution is 14.1. The lowest BCUT2D eigenvalue weighted by Gasteiger charge is -2.23. The minimum absolute atomic E-state index is 0.0139. The molecular weight excluding hydrogens is 349 g/mol. The summed E-state index contributed by atoms with van der Waals surface area (Å²) in [6, 6.07) is 0.151. The van der Waals surface area contributed by atoms with Crippen molar-refractivity contribution >= 4 is 28.5 Å². The first-order valence-electron chi connectivity index (χ1n) is 5.74. The van der Waals surface area contributed by atoms with Gasteiger partial charge >= 0.3 is 0 Å². The largest absolute Gasteiger partial charge is 0.381 e. The van der Waals surface area contributed by atoms with E-state index in [9.17, 15) is 9.59 Å². The smallest absolute Gasteiger partial charge is 0.267 e. The van der Waals surface area contributed by atoms with Gasteiger partial charge in [-0.25, -0.2) is 4.98 Å². The fourth-order valence-electron chi connectivity index (χ4n) is 1.81. The monoisotopic (exact) mass is 363 g/mol. The maximum atomic E-state index is 11.8. The Balaban J connectivity index is 1.94. The van der Waals surface area contributed by atoms with Crippen LogP contribution < -0.4 is 10.9 Å². The molecule has 1 amide bonds. The molecule has 1 fully saturated rings. The number of hydrogen-bond acceptors (Lipinski definition) is 4. The molecule has 1 aliphatic rings. The molecule has 1 saturated heterocycles. The molecule has 0 saturated carbocycles. The van der Waals surface area contributed by atoms with Gasteiger partial charge in [-0.3, -0.25) is 14.2 Å². The quantitative estimate of drug-likeness (QED) is 0.776. The molecule has 0 unspecified atom stereocenters. The van der Waals surface area contributed by atoms with Crippen LogP contribution in [-0.2, 0) is 16.1 Å². The number of halogens is 1. The van der Waals surface area contributed by atoms with Crippen molar-refractivity contribution < 1.29 is 9.53 Å². The second-order valence-electron chi connectivity index (χ2n) is 4.13. The molecular formula is C11H14IN3O3. The highest BCUT2D eigenvalue weighted by Crippen LogP contribution is 2.05. The Hall–Kier alpha value is -0.960. The van der Waals surface area contributed by atoms with Gasteiger partial charge in [-0.05, 0) is 35.4 Å². The van der Waals surface area contributed by atoms with Crippen LogP contribution in [0.5, 0.6) is 0 Å². The van der Waals surface area contributed by atoms with Crippen molar-refractivity contribution in [3.8, 4) is 0 Å². The van der Waals surface area contributed by atoms with Crippen molar-refractivity contribution in [2.75, 3.05) is 13.2 Å². The fraction of sp³-hybridized carbons (Fsp3) is 0.545. The van der Waals surface area contributed by atoms with Crippen LogP contribution in [-0.4, -0.2) is 34.7 Å². The molecule has 1 aliphatic heterocycles. The molecule has 0 radical (unpaired) electrons. The second kappa shape index (κ2) is 6.28. The Bertz CT molecular complexity index is 483. The van der Waals surface area contributed by atoms with E-state index in [0.29, 0.717) is 16.8 Å². The Morgan fingerprint density at radius 1 is 1.56 bits per heavy atom. The summed E-state index contributed by atoms with van der Waals surface area (Å²) in [7, 11) is 0. The molecule has 1 aromatic rings. The third kappa shape index (κ3) is 3.52. The normalized spacial score (nSPS) is 16.5. The molecule has 0 bridgehead atoms. The number of hydrogen-bond donors (Lipinski definition) is 1. The Kier molecular flexibility index (Phi) is 4.70. The van der Waals surface area contributed by atoms with Crippen LogP contribution in [0.1, 0.15) is 12.8 Å². The van der Waals surface area contributed by atoms with Crippen LogP contribution in [0, 0.1) is 3.57 Å². The van der Waals surface area contributed by atoms with E-state index < -0.39 is 0 Å². The van der Waals surface area contributed by atoms with Crippen molar-refractivity contribution in [1.29, 1.82) is 0 Å². The molecule has 0 atom stereocenters. The molecule has 18 heavy (non-hydrogen) atoms. The van der Waals surface area contributed by atoms with Crippen molar-refractivity contribution in [2.24, 2.45) is 0 Å². The van der Waals surface area contributed by atoms with E-state index in [1.165, 1.54) is 17.1 Å². The Morgan fingerprint density at radius 2 is 2.28 bits per heavy atom. The zero-order valence-corrected chi connectivity index (χ0v) is 11.9. The van der Waals surface area contributed by atoms with E-state index in [1.807, 2.05) is 22.6 Å². The average Bonchev–Trinajstić information content (AvgIpc) is 2.36. The van der Waals surface area contributed by atoms with E-state index in [-0.39, 0.29) is 24.1 Å². The molecule has 0 aromatic carbocycles. The standard InChI is InChI=1S/C11H14IN3O3/c12-9-5-13-7-15(11(9)17)6-10(16)14-8-1-3-18-4-2-8/h5,7-8H,1-4,6H2,(H,14,16). The number of amides is 1. The van der Waals surface area contributed by atoms with Gasteiger partial charge in [0.15, 0.2) is 0 Å². The highest BCUT2D eigenvalue weighted by atomic mass is 127. The molecule has 0 aliphatic carbocycles.